The number of carbonyl (C=O) groups excluding carboxylic acids is 1. The molecule has 6 nitrogen and oxygen atoms in total. The first-order valence-corrected chi connectivity index (χ1v) is 9.15. The van der Waals surface area contributed by atoms with E-state index in [0.717, 1.165) is 49.7 Å². The predicted octanol–water partition coefficient (Wildman–Crippen LogP) is 3.23. The molecule has 0 spiro atoms. The molecule has 142 valence electrons. The number of hydrogen-bond acceptors (Lipinski definition) is 5. The molecule has 1 aliphatic heterocycles. The maximum Gasteiger partial charge on any atom is 0.419 e. The first-order chi connectivity index (χ1) is 12.3. The van der Waals surface area contributed by atoms with Crippen LogP contribution in [0.3, 0.4) is 0 Å². The van der Waals surface area contributed by atoms with Gasteiger partial charge in [0.15, 0.2) is 5.13 Å². The van der Waals surface area contributed by atoms with E-state index in [0.29, 0.717) is 11.7 Å². The molecule has 1 saturated heterocycles. The van der Waals surface area contributed by atoms with E-state index in [1.54, 1.807) is 6.20 Å². The molecule has 0 saturated carbocycles. The van der Waals surface area contributed by atoms with Crippen molar-refractivity contribution in [2.45, 2.75) is 39.0 Å². The Morgan fingerprint density at radius 1 is 1.42 bits per heavy atom. The maximum atomic E-state index is 12.7. The summed E-state index contributed by atoms with van der Waals surface area (Å²) in [6.45, 7) is 4.38. The van der Waals surface area contributed by atoms with Crippen molar-refractivity contribution in [2.24, 2.45) is 5.92 Å². The van der Waals surface area contributed by atoms with Gasteiger partial charge in [0.05, 0.1) is 11.8 Å². The Bertz CT molecular complexity index is 757. The molecule has 1 amide bonds. The largest absolute Gasteiger partial charge is 0.419 e. The number of alkyl halides is 3. The topological polar surface area (TPSA) is 63.1 Å². The normalized spacial score (nSPS) is 18.8. The Labute approximate surface area is 153 Å². The van der Waals surface area contributed by atoms with E-state index in [1.807, 2.05) is 0 Å². The van der Waals surface area contributed by atoms with E-state index in [9.17, 15) is 18.0 Å². The van der Waals surface area contributed by atoms with Crippen LogP contribution in [0.25, 0.3) is 0 Å². The predicted molar refractivity (Wildman–Crippen MR) is 91.6 cm³/mol. The van der Waals surface area contributed by atoms with E-state index in [-0.39, 0.29) is 11.8 Å². The smallest absolute Gasteiger partial charge is 0.302 e. The summed E-state index contributed by atoms with van der Waals surface area (Å²) >= 11 is 1.44. The van der Waals surface area contributed by atoms with E-state index in [4.69, 9.17) is 0 Å². The highest BCUT2D eigenvalue weighted by atomic mass is 32.1. The van der Waals surface area contributed by atoms with Crippen LogP contribution in [0.15, 0.2) is 18.6 Å². The molecule has 0 radical (unpaired) electrons. The highest BCUT2D eigenvalue weighted by molar-refractivity contribution is 7.15. The molecule has 2 aromatic rings. The second-order valence-electron chi connectivity index (χ2n) is 6.51. The fourth-order valence-electron chi connectivity index (χ4n) is 3.13. The highest BCUT2D eigenvalue weighted by Gasteiger charge is 2.32. The first kappa shape index (κ1) is 18.8. The van der Waals surface area contributed by atoms with Crippen molar-refractivity contribution < 1.29 is 18.0 Å². The van der Waals surface area contributed by atoms with Gasteiger partial charge in [0.1, 0.15) is 0 Å². The van der Waals surface area contributed by atoms with Crippen LogP contribution in [0, 0.1) is 5.92 Å². The number of likely N-dealkylation sites (tertiary alicyclic amines) is 1. The van der Waals surface area contributed by atoms with E-state index >= 15 is 0 Å². The van der Waals surface area contributed by atoms with Crippen LogP contribution in [0.4, 0.5) is 18.3 Å². The Morgan fingerprint density at radius 2 is 2.23 bits per heavy atom. The van der Waals surface area contributed by atoms with Crippen LogP contribution in [-0.4, -0.2) is 38.7 Å². The van der Waals surface area contributed by atoms with Crippen LogP contribution in [0.2, 0.25) is 0 Å². The van der Waals surface area contributed by atoms with Gasteiger partial charge in [0, 0.05) is 43.8 Å². The molecule has 0 aliphatic carbocycles. The van der Waals surface area contributed by atoms with Crippen LogP contribution < -0.4 is 5.32 Å². The molecule has 1 fully saturated rings. The van der Waals surface area contributed by atoms with Gasteiger partial charge in [-0.25, -0.2) is 4.98 Å². The fraction of sp³-hybridized carbons (Fsp3) is 0.562. The number of thiazole rings is 1. The Balaban J connectivity index is 1.55. The lowest BCUT2D eigenvalue weighted by atomic mass is 9.98. The minimum atomic E-state index is -4.35. The molecule has 1 N–H and O–H groups in total. The van der Waals surface area contributed by atoms with E-state index in [1.165, 1.54) is 22.9 Å². The van der Waals surface area contributed by atoms with Gasteiger partial charge in [-0.15, -0.1) is 11.3 Å². The van der Waals surface area contributed by atoms with Gasteiger partial charge in [-0.05, 0) is 25.3 Å². The molecule has 10 heteroatoms. The third-order valence-electron chi connectivity index (χ3n) is 4.22. The van der Waals surface area contributed by atoms with Crippen molar-refractivity contribution in [1.29, 1.82) is 0 Å². The number of rotatable bonds is 5. The second kappa shape index (κ2) is 7.75. The Hall–Kier alpha value is -1.94. The van der Waals surface area contributed by atoms with Gasteiger partial charge in [0.2, 0.25) is 5.91 Å². The summed E-state index contributed by atoms with van der Waals surface area (Å²) < 4.78 is 39.4. The molecule has 1 atom stereocenters. The lowest BCUT2D eigenvalue weighted by Crippen LogP contribution is -2.36. The summed E-state index contributed by atoms with van der Waals surface area (Å²) in [6, 6.07) is 0. The number of aromatic nitrogens is 3. The number of hydrogen-bond donors (Lipinski definition) is 1. The summed E-state index contributed by atoms with van der Waals surface area (Å²) in [7, 11) is 0. The van der Waals surface area contributed by atoms with Crippen molar-refractivity contribution in [3.63, 3.8) is 0 Å². The summed E-state index contributed by atoms with van der Waals surface area (Å²) in [5, 5.41) is 7.09. The van der Waals surface area contributed by atoms with E-state index in [2.05, 4.69) is 20.3 Å². The SMILES string of the molecule is CC(=O)Nc1ncc(CN2CCC[C@H](Cn3cc(C(F)(F)F)cn3)C2)s1. The number of piperidine rings is 1. The fourth-order valence-corrected chi connectivity index (χ4v) is 4.03. The molecule has 3 rings (SSSR count). The van der Waals surface area contributed by atoms with Crippen molar-refractivity contribution >= 4 is 22.4 Å². The second-order valence-corrected chi connectivity index (χ2v) is 7.62. The van der Waals surface area contributed by atoms with Crippen molar-refractivity contribution in [3.05, 3.63) is 29.0 Å². The summed E-state index contributed by atoms with van der Waals surface area (Å²) in [5.41, 5.74) is -0.708. The zero-order valence-electron chi connectivity index (χ0n) is 14.3. The zero-order chi connectivity index (χ0) is 18.7. The minimum absolute atomic E-state index is 0.151. The molecule has 26 heavy (non-hydrogen) atoms. The standard InChI is InChI=1S/C16H20F3N5OS/c1-11(25)22-15-20-6-14(26-15)10-23-4-2-3-12(7-23)8-24-9-13(5-21-24)16(17,18)19/h5-6,9,12H,2-4,7-8,10H2,1H3,(H,20,22,25)/t12-/m0/s1. The number of amides is 1. The molecule has 2 aromatic heterocycles. The summed E-state index contributed by atoms with van der Waals surface area (Å²) in [4.78, 5) is 18.6. The van der Waals surface area contributed by atoms with Gasteiger partial charge in [0.25, 0.3) is 0 Å². The molecule has 3 heterocycles. The molecular weight excluding hydrogens is 367 g/mol. The lowest BCUT2D eigenvalue weighted by molar-refractivity contribution is -0.137. The molecular formula is C16H20F3N5OS. The Morgan fingerprint density at radius 3 is 2.92 bits per heavy atom. The molecule has 1 aliphatic rings. The van der Waals surface area contributed by atoms with Gasteiger partial charge in [-0.3, -0.25) is 14.4 Å². The zero-order valence-corrected chi connectivity index (χ0v) is 15.1. The van der Waals surface area contributed by atoms with Gasteiger partial charge >= 0.3 is 6.18 Å². The van der Waals surface area contributed by atoms with Gasteiger partial charge in [-0.2, -0.15) is 18.3 Å². The third-order valence-corrected chi connectivity index (χ3v) is 5.12. The number of nitrogens with zero attached hydrogens (tertiary/aromatic N) is 4. The third kappa shape index (κ3) is 5.04. The Kier molecular flexibility index (Phi) is 5.61. The van der Waals surface area contributed by atoms with Crippen molar-refractivity contribution in [3.8, 4) is 0 Å². The number of halogens is 3. The molecule has 0 aromatic carbocycles. The van der Waals surface area contributed by atoms with Gasteiger partial charge in [-0.1, -0.05) is 0 Å². The van der Waals surface area contributed by atoms with Crippen LogP contribution >= 0.6 is 11.3 Å². The number of carbonyl (C=O) groups is 1. The minimum Gasteiger partial charge on any atom is -0.302 e. The average molecular weight is 387 g/mol. The lowest BCUT2D eigenvalue weighted by Gasteiger charge is -2.32. The first-order valence-electron chi connectivity index (χ1n) is 8.34. The summed E-state index contributed by atoms with van der Waals surface area (Å²) in [6.07, 6.45) is 1.31. The van der Waals surface area contributed by atoms with Crippen LogP contribution in [-0.2, 0) is 24.1 Å². The van der Waals surface area contributed by atoms with Gasteiger partial charge < -0.3 is 5.32 Å². The van der Waals surface area contributed by atoms with Crippen molar-refractivity contribution in [2.75, 3.05) is 18.4 Å². The monoisotopic (exact) mass is 387 g/mol. The summed E-state index contributed by atoms with van der Waals surface area (Å²) in [5.74, 6) is 0.105. The van der Waals surface area contributed by atoms with Crippen LogP contribution in [0.5, 0.6) is 0 Å². The quantitative estimate of drug-likeness (QED) is 0.856. The van der Waals surface area contributed by atoms with Crippen molar-refractivity contribution in [1.82, 2.24) is 19.7 Å². The van der Waals surface area contributed by atoms with Crippen LogP contribution in [0.1, 0.15) is 30.2 Å². The molecule has 0 bridgehead atoms. The number of anilines is 1. The maximum absolute atomic E-state index is 12.7. The highest BCUT2D eigenvalue weighted by Crippen LogP contribution is 2.29. The molecule has 0 unspecified atom stereocenters. The average Bonchev–Trinajstić information content (AvgIpc) is 3.16. The number of nitrogens with one attached hydrogen (secondary N) is 1. The van der Waals surface area contributed by atoms with E-state index < -0.39 is 11.7 Å².